The fourth-order valence-electron chi connectivity index (χ4n) is 4.06. The Kier molecular flexibility index (Phi) is 6.30. The van der Waals surface area contributed by atoms with Crippen LogP contribution in [-0.4, -0.2) is 37.4 Å². The van der Waals surface area contributed by atoms with E-state index in [1.165, 1.54) is 17.0 Å². The van der Waals surface area contributed by atoms with Crippen molar-refractivity contribution in [2.24, 2.45) is 0 Å². The summed E-state index contributed by atoms with van der Waals surface area (Å²) in [5, 5.41) is 17.3. The number of hydrogen-bond acceptors (Lipinski definition) is 5. The van der Waals surface area contributed by atoms with Crippen molar-refractivity contribution in [3.05, 3.63) is 65.4 Å². The maximum absolute atomic E-state index is 13.4. The van der Waals surface area contributed by atoms with Gasteiger partial charge in [0.25, 0.3) is 5.91 Å². The number of carbonyl (C=O) groups is 2. The molecule has 3 amide bonds. The number of aryl methyl sites for hydroxylation is 1. The quantitative estimate of drug-likeness (QED) is 0.448. The number of rotatable bonds is 6. The van der Waals surface area contributed by atoms with Crippen LogP contribution in [-0.2, 0) is 24.1 Å². The zero-order chi connectivity index (χ0) is 26.3. The minimum Gasteiger partial charge on any atom is -0.305 e. The third-order valence-electron chi connectivity index (χ3n) is 6.09. The second-order valence-corrected chi connectivity index (χ2v) is 8.97. The second-order valence-electron chi connectivity index (χ2n) is 8.97. The Hall–Kier alpha value is -4.20. The molecule has 0 unspecified atom stereocenters. The van der Waals surface area contributed by atoms with E-state index >= 15 is 0 Å². The molecule has 3 aromatic rings. The molecule has 0 radical (unpaired) electrons. The van der Waals surface area contributed by atoms with E-state index in [-0.39, 0.29) is 12.2 Å². The number of nitrogens with zero attached hydrogens (tertiary/aromatic N) is 6. The highest BCUT2D eigenvalue weighted by atomic mass is 19.4. The highest BCUT2D eigenvalue weighted by Gasteiger charge is 2.52. The van der Waals surface area contributed by atoms with Crippen LogP contribution in [0.2, 0.25) is 0 Å². The third kappa shape index (κ3) is 4.42. The number of halogens is 3. The lowest BCUT2D eigenvalue weighted by molar-refractivity contribution is -0.137. The van der Waals surface area contributed by atoms with E-state index in [1.807, 2.05) is 25.3 Å². The largest absolute Gasteiger partial charge is 0.417 e. The lowest BCUT2D eigenvalue weighted by Gasteiger charge is -2.27. The number of imide groups is 1. The maximum atomic E-state index is 13.4. The molecule has 0 bridgehead atoms. The molecule has 0 spiro atoms. The molecule has 2 aromatic carbocycles. The summed E-state index contributed by atoms with van der Waals surface area (Å²) in [6.07, 6.45) is -2.04. The van der Waals surface area contributed by atoms with Gasteiger partial charge in [-0.3, -0.25) is 9.48 Å². The summed E-state index contributed by atoms with van der Waals surface area (Å²) in [7, 11) is 0. The van der Waals surface area contributed by atoms with Crippen LogP contribution >= 0.6 is 0 Å². The van der Waals surface area contributed by atoms with Gasteiger partial charge in [0, 0.05) is 18.7 Å². The van der Waals surface area contributed by atoms with Crippen molar-refractivity contribution in [1.29, 1.82) is 5.26 Å². The van der Waals surface area contributed by atoms with Gasteiger partial charge in [0.1, 0.15) is 11.2 Å². The first-order chi connectivity index (χ1) is 17.0. The Morgan fingerprint density at radius 3 is 2.39 bits per heavy atom. The van der Waals surface area contributed by atoms with Crippen molar-refractivity contribution < 1.29 is 22.8 Å². The molecule has 1 fully saturated rings. The minimum atomic E-state index is -4.81. The zero-order valence-corrected chi connectivity index (χ0v) is 19.9. The molecule has 36 heavy (non-hydrogen) atoms. The summed E-state index contributed by atoms with van der Waals surface area (Å²) in [5.41, 5.74) is -1.06. The van der Waals surface area contributed by atoms with Crippen LogP contribution in [0.15, 0.2) is 48.7 Å². The summed E-state index contributed by atoms with van der Waals surface area (Å²) in [5.74, 6) is -0.658. The number of hydrogen-bond donors (Lipinski definition) is 0. The molecule has 0 N–H and O–H groups in total. The number of anilines is 1. The van der Waals surface area contributed by atoms with Crippen molar-refractivity contribution in [1.82, 2.24) is 19.9 Å². The molecule has 11 heteroatoms. The first-order valence-corrected chi connectivity index (χ1v) is 11.2. The molecule has 8 nitrogen and oxygen atoms in total. The maximum Gasteiger partial charge on any atom is 0.417 e. The predicted octanol–water partition coefficient (Wildman–Crippen LogP) is 4.99. The average molecular weight is 496 g/mol. The van der Waals surface area contributed by atoms with Crippen LogP contribution in [0.5, 0.6) is 0 Å². The smallest absolute Gasteiger partial charge is 0.305 e. The van der Waals surface area contributed by atoms with Crippen molar-refractivity contribution in [3.63, 3.8) is 0 Å². The summed E-state index contributed by atoms with van der Waals surface area (Å²) in [4.78, 5) is 28.5. The number of urea groups is 1. The SMILES string of the molecule is CCCn1cc(-c2ccc(CN3C(=O)N(c4ccc(C#N)c(C(F)(F)F)c4)C(=O)C3(C)C)cc2)nn1. The summed E-state index contributed by atoms with van der Waals surface area (Å²) >= 11 is 0. The Bertz CT molecular complexity index is 1360. The number of benzene rings is 2. The summed E-state index contributed by atoms with van der Waals surface area (Å²) in [6, 6.07) is 10.8. The molecule has 4 rings (SSSR count). The van der Waals surface area contributed by atoms with Crippen molar-refractivity contribution >= 4 is 17.6 Å². The fraction of sp³-hybridized carbons (Fsp3) is 0.320. The molecular weight excluding hydrogens is 473 g/mol. The first-order valence-electron chi connectivity index (χ1n) is 11.2. The van der Waals surface area contributed by atoms with Gasteiger partial charge in [-0.15, -0.1) is 5.10 Å². The van der Waals surface area contributed by atoms with Crippen molar-refractivity contribution in [3.8, 4) is 17.3 Å². The summed E-state index contributed by atoms with van der Waals surface area (Å²) in [6.45, 7) is 5.95. The Morgan fingerprint density at radius 1 is 1.08 bits per heavy atom. The Balaban J connectivity index is 1.60. The van der Waals surface area contributed by atoms with E-state index in [0.717, 1.165) is 35.1 Å². The van der Waals surface area contributed by atoms with Crippen LogP contribution in [0.25, 0.3) is 11.3 Å². The van der Waals surface area contributed by atoms with Gasteiger partial charge in [0.05, 0.1) is 29.1 Å². The van der Waals surface area contributed by atoms with Crippen molar-refractivity contribution in [2.75, 3.05) is 4.90 Å². The molecule has 1 aliphatic rings. The highest BCUT2D eigenvalue weighted by Crippen LogP contribution is 2.38. The lowest BCUT2D eigenvalue weighted by Crippen LogP contribution is -2.43. The van der Waals surface area contributed by atoms with Crippen LogP contribution < -0.4 is 4.90 Å². The van der Waals surface area contributed by atoms with Gasteiger partial charge < -0.3 is 4.90 Å². The van der Waals surface area contributed by atoms with Crippen molar-refractivity contribution in [2.45, 2.75) is 52.0 Å². The van der Waals surface area contributed by atoms with E-state index in [1.54, 1.807) is 30.7 Å². The van der Waals surface area contributed by atoms with E-state index < -0.39 is 34.8 Å². The van der Waals surface area contributed by atoms with Crippen LogP contribution in [0.4, 0.5) is 23.7 Å². The number of alkyl halides is 3. The highest BCUT2D eigenvalue weighted by molar-refractivity contribution is 6.23. The fourth-order valence-corrected chi connectivity index (χ4v) is 4.06. The monoisotopic (exact) mass is 496 g/mol. The molecule has 0 saturated carbocycles. The molecule has 186 valence electrons. The van der Waals surface area contributed by atoms with E-state index in [9.17, 15) is 22.8 Å². The van der Waals surface area contributed by atoms with Crippen LogP contribution in [0, 0.1) is 11.3 Å². The Labute approximate surface area is 205 Å². The number of aromatic nitrogens is 3. The van der Waals surface area contributed by atoms with Gasteiger partial charge in [-0.2, -0.15) is 18.4 Å². The lowest BCUT2D eigenvalue weighted by atomic mass is 10.0. The van der Waals surface area contributed by atoms with Gasteiger partial charge in [-0.1, -0.05) is 36.4 Å². The first kappa shape index (κ1) is 24.9. The normalized spacial score (nSPS) is 15.5. The van der Waals surface area contributed by atoms with E-state index in [2.05, 4.69) is 10.3 Å². The molecule has 1 aliphatic heterocycles. The van der Waals surface area contributed by atoms with Gasteiger partial charge in [0.15, 0.2) is 0 Å². The van der Waals surface area contributed by atoms with E-state index in [0.29, 0.717) is 11.8 Å². The van der Waals surface area contributed by atoms with Gasteiger partial charge in [0.2, 0.25) is 0 Å². The second kappa shape index (κ2) is 9.11. The van der Waals surface area contributed by atoms with Gasteiger partial charge >= 0.3 is 12.2 Å². The third-order valence-corrected chi connectivity index (χ3v) is 6.09. The van der Waals surface area contributed by atoms with Gasteiger partial charge in [-0.05, 0) is 44.0 Å². The molecule has 0 atom stereocenters. The topological polar surface area (TPSA) is 95.1 Å². The number of amides is 3. The average Bonchev–Trinajstić information content (AvgIpc) is 3.36. The summed E-state index contributed by atoms with van der Waals surface area (Å²) < 4.78 is 42.1. The van der Waals surface area contributed by atoms with E-state index in [4.69, 9.17) is 5.26 Å². The zero-order valence-electron chi connectivity index (χ0n) is 19.9. The van der Waals surface area contributed by atoms with Crippen LogP contribution in [0.3, 0.4) is 0 Å². The minimum absolute atomic E-state index is 0.0687. The standard InChI is InChI=1S/C25H23F3N6O2/c1-4-11-32-15-21(30-31-32)17-7-5-16(6-8-17)14-33-23(36)34(22(35)24(33,2)3)19-10-9-18(13-29)20(12-19)25(26,27)28/h5-10,12,15H,4,11,14H2,1-3H3. The van der Waals surface area contributed by atoms with Crippen LogP contribution in [0.1, 0.15) is 43.9 Å². The molecular formula is C25H23F3N6O2. The predicted molar refractivity (Wildman–Crippen MR) is 124 cm³/mol. The molecule has 2 heterocycles. The molecule has 0 aliphatic carbocycles. The Morgan fingerprint density at radius 2 is 1.78 bits per heavy atom. The molecule has 1 aromatic heterocycles. The number of carbonyl (C=O) groups excluding carboxylic acids is 2. The molecule has 1 saturated heterocycles. The van der Waals surface area contributed by atoms with Gasteiger partial charge in [-0.25, -0.2) is 9.69 Å². The number of nitriles is 1.